The van der Waals surface area contributed by atoms with E-state index in [9.17, 15) is 5.11 Å². The first-order valence-corrected chi connectivity index (χ1v) is 7.20. The average Bonchev–Trinajstić information content (AvgIpc) is 2.34. The highest BCUT2D eigenvalue weighted by molar-refractivity contribution is 9.10. The molecule has 0 saturated heterocycles. The molecule has 102 valence electrons. The van der Waals surface area contributed by atoms with Crippen molar-refractivity contribution in [1.29, 1.82) is 0 Å². The zero-order valence-electron chi connectivity index (χ0n) is 10.0. The Balaban J connectivity index is 0.00000162. The van der Waals surface area contributed by atoms with Crippen LogP contribution in [0.3, 0.4) is 0 Å². The van der Waals surface area contributed by atoms with Crippen LogP contribution in [0.4, 0.5) is 0 Å². The summed E-state index contributed by atoms with van der Waals surface area (Å²) in [6, 6.07) is 3.44. The Bertz CT molecular complexity index is 408. The first-order chi connectivity index (χ1) is 8.09. The number of rotatable bonds is 2. The van der Waals surface area contributed by atoms with Gasteiger partial charge in [-0.3, -0.25) is 0 Å². The quantitative estimate of drug-likeness (QED) is 0.800. The van der Waals surface area contributed by atoms with Gasteiger partial charge in [-0.15, -0.1) is 12.4 Å². The lowest BCUT2D eigenvalue weighted by molar-refractivity contribution is 0.303. The molecule has 0 aliphatic heterocycles. The smallest absolute Gasteiger partial charge is 0.139 e. The molecular weight excluding hydrogens is 337 g/mol. The fourth-order valence-corrected chi connectivity index (χ4v) is 3.42. The summed E-state index contributed by atoms with van der Waals surface area (Å²) in [4.78, 5) is 0. The third-order valence-electron chi connectivity index (χ3n) is 3.57. The van der Waals surface area contributed by atoms with Crippen molar-refractivity contribution >= 4 is 39.9 Å². The van der Waals surface area contributed by atoms with E-state index in [4.69, 9.17) is 17.3 Å². The SMILES string of the molecule is Cl.N[C@H](c1cc(Br)cc(Cl)c1O)C1CCCCC1. The molecule has 1 aromatic rings. The van der Waals surface area contributed by atoms with Gasteiger partial charge in [-0.2, -0.15) is 0 Å². The van der Waals surface area contributed by atoms with Crippen molar-refractivity contribution in [2.75, 3.05) is 0 Å². The van der Waals surface area contributed by atoms with Crippen molar-refractivity contribution in [3.05, 3.63) is 27.2 Å². The summed E-state index contributed by atoms with van der Waals surface area (Å²) in [5.41, 5.74) is 7.03. The first kappa shape index (κ1) is 16.1. The van der Waals surface area contributed by atoms with Crippen LogP contribution in [0, 0.1) is 5.92 Å². The maximum Gasteiger partial charge on any atom is 0.139 e. The summed E-state index contributed by atoms with van der Waals surface area (Å²) in [6.45, 7) is 0. The third-order valence-corrected chi connectivity index (χ3v) is 4.32. The third kappa shape index (κ3) is 3.53. The number of hydrogen-bond donors (Lipinski definition) is 2. The number of halogens is 3. The van der Waals surface area contributed by atoms with Crippen LogP contribution in [0.15, 0.2) is 16.6 Å². The first-order valence-electron chi connectivity index (χ1n) is 6.03. The topological polar surface area (TPSA) is 46.2 Å². The van der Waals surface area contributed by atoms with Crippen molar-refractivity contribution in [2.45, 2.75) is 38.1 Å². The Morgan fingerprint density at radius 1 is 1.28 bits per heavy atom. The van der Waals surface area contributed by atoms with Gasteiger partial charge in [0.05, 0.1) is 5.02 Å². The average molecular weight is 355 g/mol. The molecule has 1 saturated carbocycles. The number of aromatic hydroxyl groups is 1. The van der Waals surface area contributed by atoms with Gasteiger partial charge < -0.3 is 10.8 Å². The molecule has 1 aromatic carbocycles. The molecule has 18 heavy (non-hydrogen) atoms. The molecule has 0 heterocycles. The normalized spacial score (nSPS) is 18.2. The van der Waals surface area contributed by atoms with Crippen molar-refractivity contribution in [2.24, 2.45) is 11.7 Å². The lowest BCUT2D eigenvalue weighted by Gasteiger charge is -2.28. The summed E-state index contributed by atoms with van der Waals surface area (Å²) in [7, 11) is 0. The zero-order valence-corrected chi connectivity index (χ0v) is 13.2. The van der Waals surface area contributed by atoms with E-state index in [1.54, 1.807) is 6.07 Å². The van der Waals surface area contributed by atoms with Gasteiger partial charge in [0.25, 0.3) is 0 Å². The minimum absolute atomic E-state index is 0. The Kier molecular flexibility index (Phi) is 6.25. The lowest BCUT2D eigenvalue weighted by atomic mass is 9.81. The van der Waals surface area contributed by atoms with E-state index in [0.29, 0.717) is 10.9 Å². The van der Waals surface area contributed by atoms with Crippen molar-refractivity contribution < 1.29 is 5.11 Å². The maximum absolute atomic E-state index is 9.99. The van der Waals surface area contributed by atoms with Gasteiger partial charge in [0.2, 0.25) is 0 Å². The van der Waals surface area contributed by atoms with E-state index in [2.05, 4.69) is 15.9 Å². The Hall–Kier alpha value is 0.0400. The highest BCUT2D eigenvalue weighted by atomic mass is 79.9. The molecule has 0 spiro atoms. The van der Waals surface area contributed by atoms with Gasteiger partial charge >= 0.3 is 0 Å². The van der Waals surface area contributed by atoms with Crippen LogP contribution in [0.1, 0.15) is 43.7 Å². The molecule has 2 nitrogen and oxygen atoms in total. The molecule has 1 aliphatic rings. The summed E-state index contributed by atoms with van der Waals surface area (Å²) in [5.74, 6) is 0.591. The molecular formula is C13H18BrCl2NO. The van der Waals surface area contributed by atoms with Gasteiger partial charge in [0.1, 0.15) is 5.75 Å². The molecule has 3 N–H and O–H groups in total. The van der Waals surface area contributed by atoms with E-state index >= 15 is 0 Å². The standard InChI is InChI=1S/C13H17BrClNO.ClH/c14-9-6-10(13(17)11(15)7-9)12(16)8-4-2-1-3-5-8;/h6-8,12,17H,1-5,16H2;1H/t12-;/m0./s1. The second kappa shape index (κ2) is 6.99. The number of benzene rings is 1. The minimum Gasteiger partial charge on any atom is -0.506 e. The molecule has 1 atom stereocenters. The minimum atomic E-state index is -0.120. The van der Waals surface area contributed by atoms with Crippen LogP contribution in [0.5, 0.6) is 5.75 Å². The monoisotopic (exact) mass is 353 g/mol. The predicted octanol–water partition coefficient (Wildman–Crippen LogP) is 4.81. The summed E-state index contributed by atoms with van der Waals surface area (Å²) in [5, 5.41) is 10.4. The summed E-state index contributed by atoms with van der Waals surface area (Å²) >= 11 is 9.35. The van der Waals surface area contributed by atoms with Gasteiger partial charge in [-0.25, -0.2) is 0 Å². The second-order valence-electron chi connectivity index (χ2n) is 4.75. The van der Waals surface area contributed by atoms with Crippen LogP contribution < -0.4 is 5.73 Å². The van der Waals surface area contributed by atoms with E-state index in [1.807, 2.05) is 6.07 Å². The molecule has 1 aliphatic carbocycles. The van der Waals surface area contributed by atoms with Crippen molar-refractivity contribution in [3.8, 4) is 5.75 Å². The van der Waals surface area contributed by atoms with Crippen LogP contribution in [0.25, 0.3) is 0 Å². The van der Waals surface area contributed by atoms with Gasteiger partial charge in [0, 0.05) is 16.1 Å². The molecule has 1 fully saturated rings. The van der Waals surface area contributed by atoms with Crippen LogP contribution in [-0.4, -0.2) is 5.11 Å². The molecule has 5 heteroatoms. The fraction of sp³-hybridized carbons (Fsp3) is 0.538. The second-order valence-corrected chi connectivity index (χ2v) is 6.07. The van der Waals surface area contributed by atoms with Crippen molar-refractivity contribution in [1.82, 2.24) is 0 Å². The number of nitrogens with two attached hydrogens (primary N) is 1. The zero-order chi connectivity index (χ0) is 12.4. The Morgan fingerprint density at radius 2 is 1.89 bits per heavy atom. The van der Waals surface area contributed by atoms with E-state index in [0.717, 1.165) is 22.9 Å². The molecule has 0 aromatic heterocycles. The highest BCUT2D eigenvalue weighted by Crippen LogP contribution is 2.40. The predicted molar refractivity (Wildman–Crippen MR) is 81.6 cm³/mol. The molecule has 0 bridgehead atoms. The van der Waals surface area contributed by atoms with Gasteiger partial charge in [0.15, 0.2) is 0 Å². The Labute approximate surface area is 127 Å². The Morgan fingerprint density at radius 3 is 2.50 bits per heavy atom. The number of phenolic OH excluding ortho intramolecular Hbond substituents is 1. The van der Waals surface area contributed by atoms with Crippen molar-refractivity contribution in [3.63, 3.8) is 0 Å². The largest absolute Gasteiger partial charge is 0.506 e. The van der Waals surface area contributed by atoms with Gasteiger partial charge in [-0.05, 0) is 30.9 Å². The maximum atomic E-state index is 9.99. The molecule has 2 rings (SSSR count). The van der Waals surface area contributed by atoms with Crippen LogP contribution in [0.2, 0.25) is 5.02 Å². The number of phenols is 1. The van der Waals surface area contributed by atoms with Crippen LogP contribution >= 0.6 is 39.9 Å². The van der Waals surface area contributed by atoms with E-state index < -0.39 is 0 Å². The van der Waals surface area contributed by atoms with Crippen LogP contribution in [-0.2, 0) is 0 Å². The molecule has 0 amide bonds. The number of hydrogen-bond acceptors (Lipinski definition) is 2. The van der Waals surface area contributed by atoms with E-state index in [-0.39, 0.29) is 24.2 Å². The molecule has 0 radical (unpaired) electrons. The molecule has 0 unspecified atom stereocenters. The summed E-state index contributed by atoms with van der Waals surface area (Å²) in [6.07, 6.45) is 6.06. The lowest BCUT2D eigenvalue weighted by Crippen LogP contribution is -2.23. The fourth-order valence-electron chi connectivity index (χ4n) is 2.59. The van der Waals surface area contributed by atoms with Gasteiger partial charge in [-0.1, -0.05) is 46.8 Å². The highest BCUT2D eigenvalue weighted by Gasteiger charge is 2.25. The summed E-state index contributed by atoms with van der Waals surface area (Å²) < 4.78 is 0.863. The van der Waals surface area contributed by atoms with E-state index in [1.165, 1.54) is 19.3 Å².